The molecule has 2 rings (SSSR count). The number of nitrogens with zero attached hydrogens (tertiary/aromatic N) is 1. The van der Waals surface area contributed by atoms with Crippen LogP contribution in [0, 0.1) is 0 Å². The van der Waals surface area contributed by atoms with Gasteiger partial charge in [0, 0.05) is 11.6 Å². The van der Waals surface area contributed by atoms with Crippen LogP contribution in [0.25, 0.3) is 0 Å². The van der Waals surface area contributed by atoms with Crippen LogP contribution in [0.3, 0.4) is 0 Å². The molecular weight excluding hydrogens is 230 g/mol. The Morgan fingerprint density at radius 1 is 1.00 bits per heavy atom. The predicted molar refractivity (Wildman–Crippen MR) is 67.8 cm³/mol. The van der Waals surface area contributed by atoms with Gasteiger partial charge in [-0.3, -0.25) is 0 Å². The molecule has 1 N–H and O–H groups in total. The smallest absolute Gasteiger partial charge is 0.222 e. The summed E-state index contributed by atoms with van der Waals surface area (Å²) in [6.45, 7) is 0. The molecule has 18 heavy (non-hydrogen) atoms. The van der Waals surface area contributed by atoms with E-state index in [1.54, 1.807) is 12.1 Å². The Morgan fingerprint density at radius 3 is 2.33 bits per heavy atom. The molecule has 1 atom stereocenters. The maximum atomic E-state index is 10.3. The zero-order valence-corrected chi connectivity index (χ0v) is 10.3. The van der Waals surface area contributed by atoms with Gasteiger partial charge in [-0.05, 0) is 11.6 Å². The number of rotatable bonds is 4. The lowest BCUT2D eigenvalue weighted by molar-refractivity contribution is 0.212. The molecule has 0 saturated carbocycles. The summed E-state index contributed by atoms with van der Waals surface area (Å²) >= 11 is 0. The highest BCUT2D eigenvalue weighted by atomic mass is 16.5. The van der Waals surface area contributed by atoms with E-state index in [4.69, 9.17) is 9.47 Å². The molecule has 4 nitrogen and oxygen atoms in total. The van der Waals surface area contributed by atoms with Crippen LogP contribution in [0.15, 0.2) is 42.5 Å². The number of pyridine rings is 1. The Hall–Kier alpha value is -2.07. The molecule has 2 aromatic rings. The van der Waals surface area contributed by atoms with E-state index in [-0.39, 0.29) is 0 Å². The molecule has 0 radical (unpaired) electrons. The van der Waals surface area contributed by atoms with Crippen LogP contribution in [0.5, 0.6) is 11.8 Å². The number of hydrogen-bond donors (Lipinski definition) is 1. The highest BCUT2D eigenvalue weighted by Crippen LogP contribution is 2.29. The molecule has 4 heteroatoms. The van der Waals surface area contributed by atoms with Gasteiger partial charge in [-0.25, -0.2) is 0 Å². The monoisotopic (exact) mass is 245 g/mol. The topological polar surface area (TPSA) is 51.6 Å². The average Bonchev–Trinajstić information content (AvgIpc) is 2.46. The van der Waals surface area contributed by atoms with E-state index in [1.165, 1.54) is 14.2 Å². The Labute approximate surface area is 106 Å². The molecule has 0 saturated heterocycles. The fourth-order valence-electron chi connectivity index (χ4n) is 1.73. The minimum Gasteiger partial charge on any atom is -0.481 e. The van der Waals surface area contributed by atoms with Crippen LogP contribution in [0.2, 0.25) is 0 Å². The number of hydrogen-bond acceptors (Lipinski definition) is 4. The van der Waals surface area contributed by atoms with Gasteiger partial charge in [0.25, 0.3) is 0 Å². The summed E-state index contributed by atoms with van der Waals surface area (Å²) in [5.41, 5.74) is 1.41. The first kappa shape index (κ1) is 12.4. The highest BCUT2D eigenvalue weighted by molar-refractivity contribution is 5.38. The number of ether oxygens (including phenoxy) is 2. The fourth-order valence-corrected chi connectivity index (χ4v) is 1.73. The average molecular weight is 245 g/mol. The predicted octanol–water partition coefficient (Wildman–Crippen LogP) is 2.18. The highest BCUT2D eigenvalue weighted by Gasteiger charge is 2.17. The van der Waals surface area contributed by atoms with Crippen molar-refractivity contribution in [3.63, 3.8) is 0 Å². The van der Waals surface area contributed by atoms with Crippen LogP contribution in [-0.4, -0.2) is 24.3 Å². The molecule has 1 unspecified atom stereocenters. The number of aliphatic hydroxyl groups excluding tert-OH is 1. The minimum absolute atomic E-state index is 0.366. The third-order valence-electron chi connectivity index (χ3n) is 2.68. The number of aromatic nitrogens is 1. The standard InChI is InChI=1S/C14H15NO3/c1-17-12-9-8-11(14(15-12)18-2)13(16)10-6-4-3-5-7-10/h3-9,13,16H,1-2H3. The lowest BCUT2D eigenvalue weighted by atomic mass is 10.0. The van der Waals surface area contributed by atoms with Gasteiger partial charge in [-0.1, -0.05) is 30.3 Å². The van der Waals surface area contributed by atoms with Crippen molar-refractivity contribution < 1.29 is 14.6 Å². The van der Waals surface area contributed by atoms with E-state index in [9.17, 15) is 5.11 Å². The summed E-state index contributed by atoms with van der Waals surface area (Å²) in [7, 11) is 3.05. The van der Waals surface area contributed by atoms with Gasteiger partial charge < -0.3 is 14.6 Å². The third-order valence-corrected chi connectivity index (χ3v) is 2.68. The van der Waals surface area contributed by atoms with E-state index < -0.39 is 6.10 Å². The van der Waals surface area contributed by atoms with E-state index >= 15 is 0 Å². The van der Waals surface area contributed by atoms with Crippen molar-refractivity contribution in [1.82, 2.24) is 4.98 Å². The first-order chi connectivity index (χ1) is 8.76. The summed E-state index contributed by atoms with van der Waals surface area (Å²) < 4.78 is 10.2. The second-order valence-corrected chi connectivity index (χ2v) is 3.77. The maximum Gasteiger partial charge on any atom is 0.222 e. The van der Waals surface area contributed by atoms with Crippen molar-refractivity contribution in [2.45, 2.75) is 6.10 Å². The van der Waals surface area contributed by atoms with Gasteiger partial charge >= 0.3 is 0 Å². The van der Waals surface area contributed by atoms with Crippen LogP contribution in [0.1, 0.15) is 17.2 Å². The van der Waals surface area contributed by atoms with Gasteiger partial charge in [0.2, 0.25) is 11.8 Å². The summed E-state index contributed by atoms with van der Waals surface area (Å²) in [6, 6.07) is 12.8. The molecule has 0 aliphatic rings. The molecule has 1 aromatic heterocycles. The molecule has 94 valence electrons. The van der Waals surface area contributed by atoms with E-state index in [0.29, 0.717) is 17.3 Å². The molecule has 0 bridgehead atoms. The fraction of sp³-hybridized carbons (Fsp3) is 0.214. The van der Waals surface area contributed by atoms with Crippen molar-refractivity contribution in [2.75, 3.05) is 14.2 Å². The number of benzene rings is 1. The third kappa shape index (κ3) is 2.43. The molecule has 0 fully saturated rings. The van der Waals surface area contributed by atoms with Crippen LogP contribution >= 0.6 is 0 Å². The molecule has 0 aliphatic heterocycles. The molecular formula is C14H15NO3. The second kappa shape index (κ2) is 5.51. The number of methoxy groups -OCH3 is 2. The van der Waals surface area contributed by atoms with Crippen molar-refractivity contribution >= 4 is 0 Å². The van der Waals surface area contributed by atoms with E-state index in [2.05, 4.69) is 4.98 Å². The molecule has 0 aliphatic carbocycles. The molecule has 1 heterocycles. The van der Waals surface area contributed by atoms with Gasteiger partial charge in [0.15, 0.2) is 0 Å². The summed E-state index contributed by atoms with van der Waals surface area (Å²) in [5.74, 6) is 0.821. The lowest BCUT2D eigenvalue weighted by Gasteiger charge is -2.14. The van der Waals surface area contributed by atoms with Crippen molar-refractivity contribution in [3.05, 3.63) is 53.6 Å². The first-order valence-electron chi connectivity index (χ1n) is 5.58. The van der Waals surface area contributed by atoms with Gasteiger partial charge in [0.05, 0.1) is 14.2 Å². The summed E-state index contributed by atoms with van der Waals surface area (Å²) in [4.78, 5) is 4.15. The van der Waals surface area contributed by atoms with Crippen LogP contribution < -0.4 is 9.47 Å². The maximum absolute atomic E-state index is 10.3. The van der Waals surface area contributed by atoms with Crippen LogP contribution in [0.4, 0.5) is 0 Å². The Morgan fingerprint density at radius 2 is 1.72 bits per heavy atom. The zero-order chi connectivity index (χ0) is 13.0. The van der Waals surface area contributed by atoms with Crippen molar-refractivity contribution in [1.29, 1.82) is 0 Å². The SMILES string of the molecule is COc1ccc(C(O)c2ccccc2)c(OC)n1. The quantitative estimate of drug-likeness (QED) is 0.897. The van der Waals surface area contributed by atoms with Gasteiger partial charge in [-0.2, -0.15) is 4.98 Å². The van der Waals surface area contributed by atoms with E-state index in [0.717, 1.165) is 5.56 Å². The lowest BCUT2D eigenvalue weighted by Crippen LogP contribution is -2.04. The molecule has 0 spiro atoms. The Kier molecular flexibility index (Phi) is 3.79. The number of aliphatic hydroxyl groups is 1. The Bertz CT molecular complexity index is 514. The van der Waals surface area contributed by atoms with Crippen molar-refractivity contribution in [3.8, 4) is 11.8 Å². The minimum atomic E-state index is -0.764. The van der Waals surface area contributed by atoms with Crippen LogP contribution in [-0.2, 0) is 0 Å². The first-order valence-corrected chi connectivity index (χ1v) is 5.58. The normalized spacial score (nSPS) is 11.9. The summed E-state index contributed by atoms with van der Waals surface area (Å²) in [6.07, 6.45) is -0.764. The molecule has 1 aromatic carbocycles. The van der Waals surface area contributed by atoms with E-state index in [1.807, 2.05) is 30.3 Å². The second-order valence-electron chi connectivity index (χ2n) is 3.77. The summed E-state index contributed by atoms with van der Waals surface area (Å²) in [5, 5.41) is 10.3. The Balaban J connectivity index is 2.38. The zero-order valence-electron chi connectivity index (χ0n) is 10.3. The largest absolute Gasteiger partial charge is 0.481 e. The van der Waals surface area contributed by atoms with Gasteiger partial charge in [-0.15, -0.1) is 0 Å². The van der Waals surface area contributed by atoms with Crippen molar-refractivity contribution in [2.24, 2.45) is 0 Å². The molecule has 0 amide bonds. The van der Waals surface area contributed by atoms with Gasteiger partial charge in [0.1, 0.15) is 6.10 Å².